The van der Waals surface area contributed by atoms with E-state index in [1.807, 2.05) is 32.0 Å². The topological polar surface area (TPSA) is 64.0 Å². The van der Waals surface area contributed by atoms with Crippen LogP contribution in [0.1, 0.15) is 16.7 Å². The molecule has 0 saturated carbocycles. The number of aromatic nitrogens is 2. The van der Waals surface area contributed by atoms with Crippen molar-refractivity contribution in [3.05, 3.63) is 81.0 Å². The summed E-state index contributed by atoms with van der Waals surface area (Å²) in [5, 5.41) is 4.38. The van der Waals surface area contributed by atoms with Crippen LogP contribution in [0.2, 0.25) is 0 Å². The van der Waals surface area contributed by atoms with Gasteiger partial charge in [-0.3, -0.25) is 14.2 Å². The second-order valence-corrected chi connectivity index (χ2v) is 9.20. The molecule has 1 N–H and O–H groups in total. The summed E-state index contributed by atoms with van der Waals surface area (Å²) in [6, 6.07) is 12.2. The van der Waals surface area contributed by atoms with E-state index in [9.17, 15) is 22.8 Å². The fourth-order valence-corrected chi connectivity index (χ4v) is 4.88. The molecule has 2 aromatic heterocycles. The van der Waals surface area contributed by atoms with Crippen LogP contribution in [-0.4, -0.2) is 21.2 Å². The number of carbonyl (C=O) groups is 1. The van der Waals surface area contributed by atoms with Crippen LogP contribution in [-0.2, 0) is 11.0 Å². The maximum atomic E-state index is 13.3. The Labute approximate surface area is 195 Å². The van der Waals surface area contributed by atoms with Crippen LogP contribution in [0.5, 0.6) is 0 Å². The number of anilines is 1. The van der Waals surface area contributed by atoms with Gasteiger partial charge in [-0.15, -0.1) is 11.3 Å². The molecular weight excluding hydrogens is 471 g/mol. The Bertz CT molecular complexity index is 1410. The van der Waals surface area contributed by atoms with Crippen molar-refractivity contribution in [2.24, 2.45) is 0 Å². The Kier molecular flexibility index (Phi) is 6.31. The smallest absolute Gasteiger partial charge is 0.325 e. The number of halogens is 3. The summed E-state index contributed by atoms with van der Waals surface area (Å²) in [7, 11) is 0. The first-order valence-electron chi connectivity index (χ1n) is 9.82. The molecule has 0 fully saturated rings. The SMILES string of the molecule is Cc1ccc(C)c(-n2c(SCC(=O)Nc3ccccc3C(F)(F)F)nc3ccsc3c2=O)c1. The van der Waals surface area contributed by atoms with Crippen molar-refractivity contribution in [1.29, 1.82) is 0 Å². The number of hydrogen-bond donors (Lipinski definition) is 1. The highest BCUT2D eigenvalue weighted by Crippen LogP contribution is 2.34. The zero-order valence-corrected chi connectivity index (χ0v) is 19.2. The van der Waals surface area contributed by atoms with Crippen LogP contribution in [0.15, 0.2) is 63.9 Å². The second-order valence-electron chi connectivity index (χ2n) is 7.34. The molecule has 2 heterocycles. The summed E-state index contributed by atoms with van der Waals surface area (Å²) in [4.78, 5) is 30.3. The molecule has 2 aromatic carbocycles. The number of carbonyl (C=O) groups excluding carboxylic acids is 1. The van der Waals surface area contributed by atoms with Gasteiger partial charge in [-0.05, 0) is 54.6 Å². The molecule has 33 heavy (non-hydrogen) atoms. The van der Waals surface area contributed by atoms with E-state index in [4.69, 9.17) is 0 Å². The van der Waals surface area contributed by atoms with Crippen LogP contribution in [0, 0.1) is 13.8 Å². The molecule has 4 rings (SSSR count). The molecule has 0 bridgehead atoms. The lowest BCUT2D eigenvalue weighted by Crippen LogP contribution is -2.23. The summed E-state index contributed by atoms with van der Waals surface area (Å²) in [6.07, 6.45) is -4.59. The molecular formula is C23H18F3N3O2S2. The summed E-state index contributed by atoms with van der Waals surface area (Å²) in [6.45, 7) is 3.78. The van der Waals surface area contributed by atoms with Crippen molar-refractivity contribution in [1.82, 2.24) is 9.55 Å². The fourth-order valence-electron chi connectivity index (χ4n) is 3.32. The van der Waals surface area contributed by atoms with Crippen molar-refractivity contribution >= 4 is 44.9 Å². The van der Waals surface area contributed by atoms with E-state index in [-0.39, 0.29) is 17.0 Å². The number of hydrogen-bond acceptors (Lipinski definition) is 5. The Hall–Kier alpha value is -3.11. The van der Waals surface area contributed by atoms with Gasteiger partial charge in [0, 0.05) is 0 Å². The molecule has 10 heteroatoms. The van der Waals surface area contributed by atoms with Gasteiger partial charge in [-0.25, -0.2) is 4.98 Å². The molecule has 5 nitrogen and oxygen atoms in total. The molecule has 1 amide bonds. The summed E-state index contributed by atoms with van der Waals surface area (Å²) in [5.41, 5.74) is 1.47. The predicted molar refractivity (Wildman–Crippen MR) is 125 cm³/mol. The normalized spacial score (nSPS) is 11.7. The lowest BCUT2D eigenvalue weighted by atomic mass is 10.1. The van der Waals surface area contributed by atoms with Crippen molar-refractivity contribution in [2.75, 3.05) is 11.1 Å². The van der Waals surface area contributed by atoms with Crippen molar-refractivity contribution in [2.45, 2.75) is 25.2 Å². The first-order chi connectivity index (χ1) is 15.6. The number of para-hydroxylation sites is 1. The number of nitrogens with zero attached hydrogens (tertiary/aromatic N) is 2. The van der Waals surface area contributed by atoms with E-state index >= 15 is 0 Å². The van der Waals surface area contributed by atoms with E-state index in [0.29, 0.717) is 21.1 Å². The third-order valence-corrected chi connectivity index (χ3v) is 6.72. The standard InChI is InChI=1S/C23H18F3N3O2S2/c1-13-7-8-14(2)18(11-13)29-21(31)20-17(9-10-32-20)28-22(29)33-12-19(30)27-16-6-4-3-5-15(16)23(24,25)26/h3-11H,12H2,1-2H3,(H,27,30). The number of thioether (sulfide) groups is 1. The quantitative estimate of drug-likeness (QED) is 0.284. The third kappa shape index (κ3) is 4.81. The number of fused-ring (bicyclic) bond motifs is 1. The summed E-state index contributed by atoms with van der Waals surface area (Å²) < 4.78 is 41.6. The lowest BCUT2D eigenvalue weighted by Gasteiger charge is -2.15. The minimum Gasteiger partial charge on any atom is -0.325 e. The van der Waals surface area contributed by atoms with Crippen molar-refractivity contribution in [3.63, 3.8) is 0 Å². The number of alkyl halides is 3. The number of aryl methyl sites for hydroxylation is 2. The zero-order valence-electron chi connectivity index (χ0n) is 17.6. The number of nitrogens with one attached hydrogen (secondary N) is 1. The molecule has 0 unspecified atom stereocenters. The largest absolute Gasteiger partial charge is 0.418 e. The highest BCUT2D eigenvalue weighted by Gasteiger charge is 2.33. The maximum Gasteiger partial charge on any atom is 0.418 e. The average Bonchev–Trinajstić information content (AvgIpc) is 3.23. The fraction of sp³-hybridized carbons (Fsp3) is 0.174. The molecule has 0 spiro atoms. The van der Waals surface area contributed by atoms with Crippen LogP contribution in [0.3, 0.4) is 0 Å². The molecule has 4 aromatic rings. The van der Waals surface area contributed by atoms with Crippen LogP contribution < -0.4 is 10.9 Å². The molecule has 0 aliphatic rings. The Morgan fingerprint density at radius 2 is 1.91 bits per heavy atom. The van der Waals surface area contributed by atoms with Gasteiger partial charge in [0.25, 0.3) is 5.56 Å². The molecule has 0 radical (unpaired) electrons. The average molecular weight is 490 g/mol. The van der Waals surface area contributed by atoms with E-state index < -0.39 is 17.6 Å². The molecule has 0 aliphatic heterocycles. The van der Waals surface area contributed by atoms with Crippen LogP contribution in [0.25, 0.3) is 15.9 Å². The molecule has 170 valence electrons. The van der Waals surface area contributed by atoms with Gasteiger partial charge >= 0.3 is 6.18 Å². The number of benzene rings is 2. The first-order valence-corrected chi connectivity index (χ1v) is 11.7. The zero-order chi connectivity index (χ0) is 23.8. The van der Waals surface area contributed by atoms with Gasteiger partial charge in [0.05, 0.1) is 28.2 Å². The monoisotopic (exact) mass is 489 g/mol. The van der Waals surface area contributed by atoms with Gasteiger partial charge in [0.1, 0.15) is 4.70 Å². The maximum absolute atomic E-state index is 13.3. The Morgan fingerprint density at radius 3 is 2.67 bits per heavy atom. The molecule has 0 atom stereocenters. The minimum absolute atomic E-state index is 0.223. The van der Waals surface area contributed by atoms with E-state index in [1.54, 1.807) is 11.4 Å². The Morgan fingerprint density at radius 1 is 1.15 bits per heavy atom. The van der Waals surface area contributed by atoms with Gasteiger partial charge in [-0.2, -0.15) is 13.2 Å². The number of rotatable bonds is 5. The van der Waals surface area contributed by atoms with Gasteiger partial charge < -0.3 is 5.32 Å². The Balaban J connectivity index is 1.67. The third-order valence-electron chi connectivity index (χ3n) is 4.89. The van der Waals surface area contributed by atoms with E-state index in [1.165, 1.54) is 34.1 Å². The van der Waals surface area contributed by atoms with Crippen LogP contribution in [0.4, 0.5) is 18.9 Å². The highest BCUT2D eigenvalue weighted by atomic mass is 32.2. The van der Waals surface area contributed by atoms with Crippen molar-refractivity contribution < 1.29 is 18.0 Å². The predicted octanol–water partition coefficient (Wildman–Crippen LogP) is 5.81. The second kappa shape index (κ2) is 9.03. The number of thiophene rings is 1. The van der Waals surface area contributed by atoms with E-state index in [2.05, 4.69) is 10.3 Å². The van der Waals surface area contributed by atoms with Gasteiger partial charge in [0.2, 0.25) is 5.91 Å². The summed E-state index contributed by atoms with van der Waals surface area (Å²) >= 11 is 2.27. The van der Waals surface area contributed by atoms with Crippen molar-refractivity contribution in [3.8, 4) is 5.69 Å². The van der Waals surface area contributed by atoms with Gasteiger partial charge in [0.15, 0.2) is 5.16 Å². The summed E-state index contributed by atoms with van der Waals surface area (Å²) in [5.74, 6) is -0.858. The lowest BCUT2D eigenvalue weighted by molar-refractivity contribution is -0.137. The molecule has 0 saturated heterocycles. The molecule has 0 aliphatic carbocycles. The van der Waals surface area contributed by atoms with E-state index in [0.717, 1.165) is 29.0 Å². The highest BCUT2D eigenvalue weighted by molar-refractivity contribution is 7.99. The first kappa shape index (κ1) is 23.1. The minimum atomic E-state index is -4.59. The van der Waals surface area contributed by atoms with Crippen LogP contribution >= 0.6 is 23.1 Å². The van der Waals surface area contributed by atoms with Gasteiger partial charge in [-0.1, -0.05) is 36.0 Å². The number of amides is 1.